The van der Waals surface area contributed by atoms with E-state index in [1.807, 2.05) is 0 Å². The van der Waals surface area contributed by atoms with Crippen molar-refractivity contribution >= 4 is 29.2 Å². The lowest BCUT2D eigenvalue weighted by Crippen LogP contribution is -2.30. The first-order chi connectivity index (χ1) is 16.2. The molecule has 0 saturated carbocycles. The van der Waals surface area contributed by atoms with Crippen LogP contribution in [0.4, 0.5) is 10.1 Å². The Morgan fingerprint density at radius 2 is 1.76 bits per heavy atom. The van der Waals surface area contributed by atoms with Gasteiger partial charge in [0.05, 0.1) is 31.9 Å². The normalized spacial score (nSPS) is 11.5. The molecule has 1 heterocycles. The van der Waals surface area contributed by atoms with E-state index in [0.29, 0.717) is 22.9 Å². The van der Waals surface area contributed by atoms with Crippen molar-refractivity contribution in [3.8, 4) is 28.5 Å². The van der Waals surface area contributed by atoms with E-state index < -0.39 is 23.8 Å². The predicted molar refractivity (Wildman–Crippen MR) is 121 cm³/mol. The van der Waals surface area contributed by atoms with Crippen LogP contribution in [0, 0.1) is 12.7 Å². The first-order valence-electron chi connectivity index (χ1n) is 9.94. The van der Waals surface area contributed by atoms with Crippen LogP contribution < -0.4 is 19.5 Å². The van der Waals surface area contributed by atoms with Gasteiger partial charge in [-0.05, 0) is 26.0 Å². The van der Waals surface area contributed by atoms with Crippen molar-refractivity contribution in [2.45, 2.75) is 20.0 Å². The van der Waals surface area contributed by atoms with Gasteiger partial charge >= 0.3 is 5.97 Å². The highest BCUT2D eigenvalue weighted by Crippen LogP contribution is 2.40. The molecule has 3 rings (SSSR count). The van der Waals surface area contributed by atoms with Crippen molar-refractivity contribution < 1.29 is 37.5 Å². The molecule has 1 atom stereocenters. The number of aromatic nitrogens is 1. The Morgan fingerprint density at radius 3 is 2.32 bits per heavy atom. The lowest BCUT2D eigenvalue weighted by Gasteiger charge is -2.17. The molecule has 0 radical (unpaired) electrons. The molecule has 1 amide bonds. The smallest absolute Gasteiger partial charge is 0.344 e. The Balaban J connectivity index is 1.81. The lowest BCUT2D eigenvalue weighted by atomic mass is 10.1. The highest BCUT2D eigenvalue weighted by molar-refractivity contribution is 6.33. The maximum absolute atomic E-state index is 14.4. The molecule has 0 fully saturated rings. The number of carbonyl (C=O) groups is 2. The molecule has 3 aromatic rings. The maximum Gasteiger partial charge on any atom is 0.344 e. The Bertz CT molecular complexity index is 1180. The molecule has 1 unspecified atom stereocenters. The second-order valence-corrected chi connectivity index (χ2v) is 7.42. The Kier molecular flexibility index (Phi) is 7.62. The predicted octanol–water partition coefficient (Wildman–Crippen LogP) is 4.65. The second-order valence-electron chi connectivity index (χ2n) is 7.01. The molecule has 2 aromatic carbocycles. The zero-order valence-corrected chi connectivity index (χ0v) is 19.8. The van der Waals surface area contributed by atoms with E-state index in [-0.39, 0.29) is 27.6 Å². The molecule has 0 aliphatic carbocycles. The Hall–Kier alpha value is -3.79. The number of anilines is 1. The van der Waals surface area contributed by atoms with Crippen molar-refractivity contribution in [1.82, 2.24) is 5.16 Å². The van der Waals surface area contributed by atoms with Crippen molar-refractivity contribution in [3.63, 3.8) is 0 Å². The number of rotatable bonds is 8. The molecule has 34 heavy (non-hydrogen) atoms. The first-order valence-corrected chi connectivity index (χ1v) is 10.3. The van der Waals surface area contributed by atoms with Gasteiger partial charge in [0.25, 0.3) is 5.91 Å². The van der Waals surface area contributed by atoms with E-state index in [4.69, 9.17) is 35.1 Å². The van der Waals surface area contributed by atoms with Crippen LogP contribution in [0.15, 0.2) is 34.9 Å². The van der Waals surface area contributed by atoms with Crippen molar-refractivity contribution in [2.24, 2.45) is 0 Å². The number of aryl methyl sites for hydroxylation is 1. The summed E-state index contributed by atoms with van der Waals surface area (Å²) in [5, 5.41) is 6.42. The molecular formula is C23H22ClFN2O7. The summed E-state index contributed by atoms with van der Waals surface area (Å²) in [5.41, 5.74) is -0.0489. The fourth-order valence-electron chi connectivity index (χ4n) is 3.18. The highest BCUT2D eigenvalue weighted by Gasteiger charge is 2.29. The average Bonchev–Trinajstić information content (AvgIpc) is 3.18. The zero-order valence-electron chi connectivity index (χ0n) is 19.0. The fraction of sp³-hybridized carbons (Fsp3) is 0.261. The van der Waals surface area contributed by atoms with Crippen molar-refractivity contribution in [1.29, 1.82) is 0 Å². The average molecular weight is 493 g/mol. The van der Waals surface area contributed by atoms with E-state index >= 15 is 0 Å². The molecule has 0 aliphatic heterocycles. The number of halogens is 2. The molecule has 0 spiro atoms. The summed E-state index contributed by atoms with van der Waals surface area (Å²) >= 11 is 6.10. The summed E-state index contributed by atoms with van der Waals surface area (Å²) in [7, 11) is 4.33. The van der Waals surface area contributed by atoms with Crippen molar-refractivity contribution in [3.05, 3.63) is 52.5 Å². The molecule has 9 nitrogen and oxygen atoms in total. The minimum atomic E-state index is -1.23. The number of hydrogen-bond acceptors (Lipinski definition) is 8. The third-order valence-electron chi connectivity index (χ3n) is 4.85. The Morgan fingerprint density at radius 1 is 1.12 bits per heavy atom. The van der Waals surface area contributed by atoms with Gasteiger partial charge in [-0.1, -0.05) is 22.8 Å². The number of amides is 1. The molecule has 0 bridgehead atoms. The van der Waals surface area contributed by atoms with E-state index in [9.17, 15) is 14.0 Å². The third-order valence-corrected chi connectivity index (χ3v) is 5.17. The van der Waals surface area contributed by atoms with Gasteiger partial charge in [-0.2, -0.15) is 0 Å². The SMILES string of the molecule is COc1cc(NC(=O)C(C)OC(=O)c2c(-c3c(F)cccc3Cl)noc2C)cc(OC)c1OC. The molecule has 1 aromatic heterocycles. The van der Waals surface area contributed by atoms with Gasteiger partial charge in [0, 0.05) is 17.8 Å². The summed E-state index contributed by atoms with van der Waals surface area (Å²) in [6, 6.07) is 7.09. The molecule has 1 N–H and O–H groups in total. The van der Waals surface area contributed by atoms with Gasteiger partial charge < -0.3 is 28.8 Å². The largest absolute Gasteiger partial charge is 0.493 e. The minimum absolute atomic E-state index is 0.0375. The number of methoxy groups -OCH3 is 3. The first kappa shape index (κ1) is 24.8. The molecule has 0 aliphatic rings. The van der Waals surface area contributed by atoms with Gasteiger partial charge in [-0.3, -0.25) is 4.79 Å². The van der Waals surface area contributed by atoms with E-state index in [1.165, 1.54) is 65.5 Å². The van der Waals surface area contributed by atoms with E-state index in [1.54, 1.807) is 0 Å². The van der Waals surface area contributed by atoms with E-state index in [2.05, 4.69) is 10.5 Å². The quantitative estimate of drug-likeness (QED) is 0.452. The van der Waals surface area contributed by atoms with Gasteiger partial charge in [-0.25, -0.2) is 9.18 Å². The summed E-state index contributed by atoms with van der Waals surface area (Å²) < 4.78 is 40.5. The van der Waals surface area contributed by atoms with Crippen LogP contribution in [0.3, 0.4) is 0 Å². The summed E-state index contributed by atoms with van der Waals surface area (Å²) in [6.07, 6.45) is -1.23. The number of hydrogen-bond donors (Lipinski definition) is 1. The summed E-state index contributed by atoms with van der Waals surface area (Å²) in [5.74, 6) is -1.17. The van der Waals surface area contributed by atoms with Gasteiger partial charge in [0.15, 0.2) is 17.6 Å². The van der Waals surface area contributed by atoms with Crippen LogP contribution in [0.25, 0.3) is 11.3 Å². The van der Waals surface area contributed by atoms with Gasteiger partial charge in [-0.15, -0.1) is 0 Å². The third kappa shape index (κ3) is 4.91. The van der Waals surface area contributed by atoms with Crippen LogP contribution in [0.5, 0.6) is 17.2 Å². The molecule has 180 valence electrons. The zero-order chi connectivity index (χ0) is 25.0. The van der Waals surface area contributed by atoms with Gasteiger partial charge in [0.1, 0.15) is 22.8 Å². The summed E-state index contributed by atoms with van der Waals surface area (Å²) in [6.45, 7) is 2.84. The lowest BCUT2D eigenvalue weighted by molar-refractivity contribution is -0.123. The standard InChI is InChI=1S/C23H22ClFN2O7/c1-11-18(20(27-34-11)19-14(24)7-6-8-15(19)25)23(29)33-12(2)22(28)26-13-9-16(30-3)21(32-5)17(10-13)31-4/h6-10,12H,1-5H3,(H,26,28). The van der Waals surface area contributed by atoms with Crippen LogP contribution in [0.2, 0.25) is 5.02 Å². The number of carbonyl (C=O) groups excluding carboxylic acids is 2. The molecular weight excluding hydrogens is 471 g/mol. The molecule has 11 heteroatoms. The van der Waals surface area contributed by atoms with E-state index in [0.717, 1.165) is 0 Å². The highest BCUT2D eigenvalue weighted by atomic mass is 35.5. The van der Waals surface area contributed by atoms with Crippen LogP contribution in [-0.2, 0) is 9.53 Å². The van der Waals surface area contributed by atoms with Gasteiger partial charge in [0.2, 0.25) is 5.75 Å². The molecule has 0 saturated heterocycles. The second kappa shape index (κ2) is 10.4. The number of benzene rings is 2. The minimum Gasteiger partial charge on any atom is -0.493 e. The topological polar surface area (TPSA) is 109 Å². The van der Waals surface area contributed by atoms with Crippen molar-refractivity contribution in [2.75, 3.05) is 26.6 Å². The van der Waals surface area contributed by atoms with Crippen LogP contribution in [-0.4, -0.2) is 44.5 Å². The Labute approximate surface area is 199 Å². The summed E-state index contributed by atoms with van der Waals surface area (Å²) in [4.78, 5) is 25.6. The monoisotopic (exact) mass is 492 g/mol. The number of ether oxygens (including phenoxy) is 4. The van der Waals surface area contributed by atoms with Crippen LogP contribution in [0.1, 0.15) is 23.0 Å². The number of nitrogens with one attached hydrogen (secondary N) is 1. The maximum atomic E-state index is 14.4. The van der Waals surface area contributed by atoms with Crippen LogP contribution >= 0.6 is 11.6 Å². The number of nitrogens with zero attached hydrogens (tertiary/aromatic N) is 1. The number of esters is 1. The fourth-order valence-corrected chi connectivity index (χ4v) is 3.43.